The molecule has 0 spiro atoms. The van der Waals surface area contributed by atoms with Crippen LogP contribution < -0.4 is 15.4 Å². The normalized spacial score (nSPS) is 20.9. The van der Waals surface area contributed by atoms with Crippen molar-refractivity contribution in [2.45, 2.75) is 25.8 Å². The highest BCUT2D eigenvalue weighted by Crippen LogP contribution is 2.23. The van der Waals surface area contributed by atoms with Crippen LogP contribution in [0.2, 0.25) is 0 Å². The standard InChI is InChI=1S/C13H20N2O/c1-2-16-13-7-3-6-12(9-13)15-8-4-5-11(14)10-15/h3,6-7,9,11H,2,4-5,8,10,14H2,1H3. The van der Waals surface area contributed by atoms with Crippen LogP contribution in [0.5, 0.6) is 5.75 Å². The van der Waals surface area contributed by atoms with Gasteiger partial charge in [-0.2, -0.15) is 0 Å². The van der Waals surface area contributed by atoms with Crippen molar-refractivity contribution >= 4 is 5.69 Å². The molecule has 16 heavy (non-hydrogen) atoms. The molecule has 0 amide bonds. The summed E-state index contributed by atoms with van der Waals surface area (Å²) in [6, 6.07) is 8.57. The van der Waals surface area contributed by atoms with E-state index in [1.807, 2.05) is 19.1 Å². The third-order valence-corrected chi connectivity index (χ3v) is 2.95. The van der Waals surface area contributed by atoms with Gasteiger partial charge in [-0.05, 0) is 31.9 Å². The van der Waals surface area contributed by atoms with E-state index in [0.29, 0.717) is 12.6 Å². The van der Waals surface area contributed by atoms with Crippen LogP contribution in [0.4, 0.5) is 5.69 Å². The number of ether oxygens (including phenoxy) is 1. The van der Waals surface area contributed by atoms with Crippen molar-refractivity contribution in [3.63, 3.8) is 0 Å². The predicted molar refractivity (Wildman–Crippen MR) is 67.0 cm³/mol. The average molecular weight is 220 g/mol. The molecular weight excluding hydrogens is 200 g/mol. The summed E-state index contributed by atoms with van der Waals surface area (Å²) in [5, 5.41) is 0. The van der Waals surface area contributed by atoms with Gasteiger partial charge in [0.15, 0.2) is 0 Å². The van der Waals surface area contributed by atoms with Gasteiger partial charge in [0.1, 0.15) is 5.75 Å². The number of anilines is 1. The van der Waals surface area contributed by atoms with Crippen LogP contribution in [-0.2, 0) is 0 Å². The Morgan fingerprint density at radius 2 is 2.38 bits per heavy atom. The third-order valence-electron chi connectivity index (χ3n) is 2.95. The van der Waals surface area contributed by atoms with E-state index in [4.69, 9.17) is 10.5 Å². The lowest BCUT2D eigenvalue weighted by Crippen LogP contribution is -2.42. The van der Waals surface area contributed by atoms with Crippen molar-refractivity contribution < 1.29 is 4.74 Å². The van der Waals surface area contributed by atoms with Crippen molar-refractivity contribution in [3.8, 4) is 5.75 Å². The van der Waals surface area contributed by atoms with Gasteiger partial charge in [-0.25, -0.2) is 0 Å². The fourth-order valence-electron chi connectivity index (χ4n) is 2.18. The van der Waals surface area contributed by atoms with Gasteiger partial charge in [-0.1, -0.05) is 6.07 Å². The quantitative estimate of drug-likeness (QED) is 0.847. The molecule has 1 saturated heterocycles. The second-order valence-electron chi connectivity index (χ2n) is 4.28. The number of nitrogens with two attached hydrogens (primary N) is 1. The monoisotopic (exact) mass is 220 g/mol. The Balaban J connectivity index is 2.09. The molecule has 1 atom stereocenters. The van der Waals surface area contributed by atoms with Gasteiger partial charge in [0.25, 0.3) is 0 Å². The zero-order valence-corrected chi connectivity index (χ0v) is 9.86. The molecule has 1 aromatic carbocycles. The van der Waals surface area contributed by atoms with Crippen LogP contribution in [0.3, 0.4) is 0 Å². The van der Waals surface area contributed by atoms with E-state index >= 15 is 0 Å². The van der Waals surface area contributed by atoms with Gasteiger partial charge in [0.05, 0.1) is 6.61 Å². The number of piperidine rings is 1. The van der Waals surface area contributed by atoms with Crippen molar-refractivity contribution in [1.82, 2.24) is 0 Å². The largest absolute Gasteiger partial charge is 0.494 e. The number of nitrogens with zero attached hydrogens (tertiary/aromatic N) is 1. The maximum atomic E-state index is 5.99. The van der Waals surface area contributed by atoms with E-state index in [1.54, 1.807) is 0 Å². The minimum Gasteiger partial charge on any atom is -0.494 e. The first-order chi connectivity index (χ1) is 7.79. The second kappa shape index (κ2) is 5.21. The number of benzene rings is 1. The summed E-state index contributed by atoms with van der Waals surface area (Å²) in [5.74, 6) is 0.944. The first-order valence-corrected chi connectivity index (χ1v) is 6.03. The second-order valence-corrected chi connectivity index (χ2v) is 4.28. The van der Waals surface area contributed by atoms with Gasteiger partial charge in [-0.15, -0.1) is 0 Å². The van der Waals surface area contributed by atoms with E-state index in [9.17, 15) is 0 Å². The van der Waals surface area contributed by atoms with Gasteiger partial charge < -0.3 is 15.4 Å². The Kier molecular flexibility index (Phi) is 3.67. The molecule has 0 aliphatic carbocycles. The number of rotatable bonds is 3. The Morgan fingerprint density at radius 3 is 3.12 bits per heavy atom. The Morgan fingerprint density at radius 1 is 1.50 bits per heavy atom. The molecule has 88 valence electrons. The van der Waals surface area contributed by atoms with Gasteiger partial charge >= 0.3 is 0 Å². The highest BCUT2D eigenvalue weighted by Gasteiger charge is 2.16. The van der Waals surface area contributed by atoms with Crippen LogP contribution in [0, 0.1) is 0 Å². The molecule has 1 heterocycles. The smallest absolute Gasteiger partial charge is 0.121 e. The first-order valence-electron chi connectivity index (χ1n) is 6.03. The molecule has 0 saturated carbocycles. The molecule has 0 bridgehead atoms. The lowest BCUT2D eigenvalue weighted by Gasteiger charge is -2.32. The molecule has 1 aliphatic rings. The molecule has 0 radical (unpaired) electrons. The molecule has 1 fully saturated rings. The highest BCUT2D eigenvalue weighted by atomic mass is 16.5. The third kappa shape index (κ3) is 2.67. The Hall–Kier alpha value is -1.22. The molecule has 2 N–H and O–H groups in total. The molecule has 1 unspecified atom stereocenters. The van der Waals surface area contributed by atoms with Crippen LogP contribution in [0.25, 0.3) is 0 Å². The van der Waals surface area contributed by atoms with Crippen molar-refractivity contribution in [2.24, 2.45) is 5.73 Å². The molecule has 3 heteroatoms. The minimum absolute atomic E-state index is 0.310. The van der Waals surface area contributed by atoms with E-state index in [1.165, 1.54) is 12.1 Å². The zero-order chi connectivity index (χ0) is 11.4. The topological polar surface area (TPSA) is 38.5 Å². The molecular formula is C13H20N2O. The fraction of sp³-hybridized carbons (Fsp3) is 0.538. The van der Waals surface area contributed by atoms with Crippen LogP contribution in [0.1, 0.15) is 19.8 Å². The molecule has 1 aliphatic heterocycles. The van der Waals surface area contributed by atoms with E-state index < -0.39 is 0 Å². The molecule has 2 rings (SSSR count). The zero-order valence-electron chi connectivity index (χ0n) is 9.86. The van der Waals surface area contributed by atoms with E-state index in [-0.39, 0.29) is 0 Å². The summed E-state index contributed by atoms with van der Waals surface area (Å²) >= 11 is 0. The summed E-state index contributed by atoms with van der Waals surface area (Å²) in [4.78, 5) is 2.34. The summed E-state index contributed by atoms with van der Waals surface area (Å²) < 4.78 is 5.51. The number of hydrogen-bond acceptors (Lipinski definition) is 3. The van der Waals surface area contributed by atoms with Crippen molar-refractivity contribution in [2.75, 3.05) is 24.6 Å². The average Bonchev–Trinajstić information content (AvgIpc) is 2.30. The molecule has 1 aromatic rings. The molecule has 3 nitrogen and oxygen atoms in total. The van der Waals surface area contributed by atoms with Crippen molar-refractivity contribution in [3.05, 3.63) is 24.3 Å². The summed E-state index contributed by atoms with van der Waals surface area (Å²) in [6.07, 6.45) is 2.32. The maximum absolute atomic E-state index is 5.99. The summed E-state index contributed by atoms with van der Waals surface area (Å²) in [7, 11) is 0. The summed E-state index contributed by atoms with van der Waals surface area (Å²) in [5.41, 5.74) is 7.21. The Bertz CT molecular complexity index is 340. The van der Waals surface area contributed by atoms with Crippen LogP contribution >= 0.6 is 0 Å². The highest BCUT2D eigenvalue weighted by molar-refractivity contribution is 5.51. The summed E-state index contributed by atoms with van der Waals surface area (Å²) in [6.45, 7) is 4.77. The Labute approximate surface area is 97.2 Å². The fourth-order valence-corrected chi connectivity index (χ4v) is 2.18. The van der Waals surface area contributed by atoms with Gasteiger partial charge in [-0.3, -0.25) is 0 Å². The predicted octanol–water partition coefficient (Wildman–Crippen LogP) is 2.01. The van der Waals surface area contributed by atoms with Crippen molar-refractivity contribution in [1.29, 1.82) is 0 Å². The SMILES string of the molecule is CCOc1cccc(N2CCCC(N)C2)c1. The number of hydrogen-bond donors (Lipinski definition) is 1. The van der Waals surface area contributed by atoms with E-state index in [0.717, 1.165) is 25.3 Å². The van der Waals surface area contributed by atoms with Crippen LogP contribution in [0.15, 0.2) is 24.3 Å². The molecule has 0 aromatic heterocycles. The van der Waals surface area contributed by atoms with Crippen LogP contribution in [-0.4, -0.2) is 25.7 Å². The minimum atomic E-state index is 0.310. The lowest BCUT2D eigenvalue weighted by atomic mass is 10.1. The first kappa shape index (κ1) is 11.3. The maximum Gasteiger partial charge on any atom is 0.121 e. The van der Waals surface area contributed by atoms with Gasteiger partial charge in [0.2, 0.25) is 0 Å². The lowest BCUT2D eigenvalue weighted by molar-refractivity contribution is 0.340. The van der Waals surface area contributed by atoms with Gasteiger partial charge in [0, 0.05) is 30.9 Å². The van der Waals surface area contributed by atoms with E-state index in [2.05, 4.69) is 17.0 Å².